The lowest BCUT2D eigenvalue weighted by Gasteiger charge is -2.38. The lowest BCUT2D eigenvalue weighted by Crippen LogP contribution is -2.43. The number of rotatable bonds is 11. The summed E-state index contributed by atoms with van der Waals surface area (Å²) in [4.78, 5) is 27.0. The number of fused-ring (bicyclic) bond motifs is 3. The van der Waals surface area contributed by atoms with Crippen LogP contribution in [0.1, 0.15) is 78.4 Å². The molecule has 9 nitrogen and oxygen atoms in total. The monoisotopic (exact) mass is 797 g/mol. The van der Waals surface area contributed by atoms with E-state index in [9.17, 15) is 9.18 Å². The number of anilines is 1. The molecule has 57 heavy (non-hydrogen) atoms. The van der Waals surface area contributed by atoms with Gasteiger partial charge in [-0.3, -0.25) is 9.69 Å². The molecule has 304 valence electrons. The van der Waals surface area contributed by atoms with Crippen LogP contribution in [0.2, 0.25) is 16.6 Å². The lowest BCUT2D eigenvalue weighted by molar-refractivity contribution is -0.119. The number of benzene rings is 3. The summed E-state index contributed by atoms with van der Waals surface area (Å²) in [7, 11) is -0.644. The highest BCUT2D eigenvalue weighted by atomic mass is 28.3. The molecule has 0 spiro atoms. The summed E-state index contributed by atoms with van der Waals surface area (Å²) in [5.41, 5.74) is 7.93. The van der Waals surface area contributed by atoms with Crippen LogP contribution in [0.5, 0.6) is 11.8 Å². The van der Waals surface area contributed by atoms with Gasteiger partial charge in [-0.1, -0.05) is 59.6 Å². The van der Waals surface area contributed by atoms with Crippen molar-refractivity contribution in [2.45, 2.75) is 102 Å². The molecule has 2 atom stereocenters. The molecule has 1 aromatic heterocycles. The van der Waals surface area contributed by atoms with Crippen molar-refractivity contribution in [3.8, 4) is 34.4 Å². The molecule has 0 aliphatic carbocycles. The first-order valence-electron chi connectivity index (χ1n) is 20.5. The van der Waals surface area contributed by atoms with E-state index in [1.54, 1.807) is 13.2 Å². The molecule has 3 aliphatic heterocycles. The quantitative estimate of drug-likeness (QED) is 0.0917. The Morgan fingerprint density at radius 2 is 1.77 bits per heavy atom. The second kappa shape index (κ2) is 16.5. The third-order valence-electron chi connectivity index (χ3n) is 12.8. The number of amides is 1. The molecule has 0 saturated carbocycles. The molecule has 4 heterocycles. The average molecular weight is 798 g/mol. The predicted octanol–water partition coefficient (Wildman–Crippen LogP) is 8.73. The van der Waals surface area contributed by atoms with E-state index in [1.165, 1.54) is 6.07 Å². The molecule has 3 saturated heterocycles. The standard InChI is InChI=1S/C45H57F2N5O4Si/c1-28(2)57(29(3)4,30(5)6)20-15-36-39(47)14-11-32-21-34(56-27-54-8)22-38(41(32)36)35-12-13-37-42(31(35)7)49-44(50-43(37)51-18-10-17-48-40(53)25-51)55-26-45-16-9-19-52(45)24-33(46)23-45/h11-14,21-22,28-30,33H,9-10,16-19,23-27H2,1-8H3,(H,48,53)/t33-,45+/m1/s1. The number of alkyl halides is 1. The minimum absolute atomic E-state index is 0.0452. The van der Waals surface area contributed by atoms with Crippen LogP contribution >= 0.6 is 0 Å². The number of ether oxygens (including phenoxy) is 3. The maximum absolute atomic E-state index is 16.3. The number of carbonyl (C=O) groups is 1. The van der Waals surface area contributed by atoms with Crippen molar-refractivity contribution in [1.29, 1.82) is 0 Å². The Kier molecular flexibility index (Phi) is 11.8. The van der Waals surface area contributed by atoms with Crippen LogP contribution in [-0.4, -0.2) is 93.8 Å². The largest absolute Gasteiger partial charge is 0.468 e. The smallest absolute Gasteiger partial charge is 0.319 e. The SMILES string of the molecule is COCOc1cc(-c2ccc3c(N4CCCNC(=O)C4)nc(OC[C@@]45CCCN4C[C@H](F)C5)nc3c2C)c2c(C#C[Si](C(C)C)(C(C)C)C(C)C)c(F)ccc2c1. The highest BCUT2D eigenvalue weighted by Crippen LogP contribution is 2.44. The van der Waals surface area contributed by atoms with Gasteiger partial charge in [0.15, 0.2) is 6.79 Å². The molecule has 1 N–H and O–H groups in total. The van der Waals surface area contributed by atoms with E-state index < -0.39 is 14.2 Å². The summed E-state index contributed by atoms with van der Waals surface area (Å²) in [5, 5.41) is 5.23. The summed E-state index contributed by atoms with van der Waals surface area (Å²) >= 11 is 0. The van der Waals surface area contributed by atoms with Crippen LogP contribution in [0.3, 0.4) is 0 Å². The first kappa shape index (κ1) is 40.9. The van der Waals surface area contributed by atoms with Gasteiger partial charge in [-0.15, -0.1) is 5.54 Å². The average Bonchev–Trinajstić information content (AvgIpc) is 3.60. The minimum atomic E-state index is -2.22. The Morgan fingerprint density at radius 3 is 2.51 bits per heavy atom. The molecule has 3 aliphatic rings. The van der Waals surface area contributed by atoms with Crippen molar-refractivity contribution in [3.05, 3.63) is 53.3 Å². The Morgan fingerprint density at radius 1 is 1.00 bits per heavy atom. The molecular formula is C45H57F2N5O4Si. The van der Waals surface area contributed by atoms with E-state index in [0.717, 1.165) is 53.3 Å². The zero-order chi connectivity index (χ0) is 40.6. The second-order valence-electron chi connectivity index (χ2n) is 17.1. The van der Waals surface area contributed by atoms with Crippen molar-refractivity contribution in [1.82, 2.24) is 20.2 Å². The van der Waals surface area contributed by atoms with E-state index in [1.807, 2.05) is 36.1 Å². The van der Waals surface area contributed by atoms with Crippen molar-refractivity contribution < 1.29 is 27.8 Å². The molecule has 3 fully saturated rings. The van der Waals surface area contributed by atoms with Crippen LogP contribution in [0.15, 0.2) is 36.4 Å². The first-order valence-corrected chi connectivity index (χ1v) is 22.8. The van der Waals surface area contributed by atoms with Crippen LogP contribution < -0.4 is 19.7 Å². The normalized spacial score (nSPS) is 20.3. The third-order valence-corrected chi connectivity index (χ3v) is 19.1. The number of aryl methyl sites for hydroxylation is 1. The zero-order valence-corrected chi connectivity index (χ0v) is 35.7. The van der Waals surface area contributed by atoms with Crippen LogP contribution in [0.25, 0.3) is 32.8 Å². The fraction of sp³-hybridized carbons (Fsp3) is 0.533. The summed E-state index contributed by atoms with van der Waals surface area (Å²) < 4.78 is 48.8. The van der Waals surface area contributed by atoms with Gasteiger partial charge < -0.3 is 24.4 Å². The van der Waals surface area contributed by atoms with Crippen LogP contribution in [0.4, 0.5) is 14.6 Å². The molecule has 4 aromatic rings. The molecule has 0 bridgehead atoms. The van der Waals surface area contributed by atoms with Crippen LogP contribution in [0, 0.1) is 24.2 Å². The van der Waals surface area contributed by atoms with Gasteiger partial charge in [-0.05, 0) is 95.7 Å². The number of hydrogen-bond acceptors (Lipinski definition) is 8. The molecule has 3 aromatic carbocycles. The van der Waals surface area contributed by atoms with Gasteiger partial charge in [0.1, 0.15) is 38.2 Å². The lowest BCUT2D eigenvalue weighted by atomic mass is 9.90. The second-order valence-corrected chi connectivity index (χ2v) is 22.7. The third kappa shape index (κ3) is 7.71. The highest BCUT2D eigenvalue weighted by molar-refractivity contribution is 6.90. The predicted molar refractivity (Wildman–Crippen MR) is 226 cm³/mol. The molecular weight excluding hydrogens is 741 g/mol. The fourth-order valence-corrected chi connectivity index (χ4v) is 15.3. The Bertz CT molecular complexity index is 2200. The molecule has 0 radical (unpaired) electrons. The van der Waals surface area contributed by atoms with E-state index in [4.69, 9.17) is 24.2 Å². The zero-order valence-electron chi connectivity index (χ0n) is 34.7. The van der Waals surface area contributed by atoms with Gasteiger partial charge in [0, 0.05) is 43.9 Å². The number of nitrogens with zero attached hydrogens (tertiary/aromatic N) is 4. The Balaban J connectivity index is 1.43. The van der Waals surface area contributed by atoms with Crippen LogP contribution in [-0.2, 0) is 9.53 Å². The number of carbonyl (C=O) groups excluding carboxylic acids is 1. The molecule has 12 heteroatoms. The van der Waals surface area contributed by atoms with E-state index in [-0.39, 0.29) is 43.2 Å². The van der Waals surface area contributed by atoms with Crippen molar-refractivity contribution in [3.63, 3.8) is 0 Å². The van der Waals surface area contributed by atoms with Gasteiger partial charge in [-0.2, -0.15) is 9.97 Å². The summed E-state index contributed by atoms with van der Waals surface area (Å²) in [6.07, 6.45) is 2.14. The van der Waals surface area contributed by atoms with Crippen molar-refractivity contribution in [2.24, 2.45) is 0 Å². The molecule has 7 rings (SSSR count). The van der Waals surface area contributed by atoms with E-state index in [2.05, 4.69) is 63.2 Å². The summed E-state index contributed by atoms with van der Waals surface area (Å²) in [6, 6.07) is 11.3. The maximum Gasteiger partial charge on any atom is 0.319 e. The Labute approximate surface area is 336 Å². The van der Waals surface area contributed by atoms with Gasteiger partial charge in [-0.25, -0.2) is 8.78 Å². The first-order chi connectivity index (χ1) is 27.3. The van der Waals surface area contributed by atoms with Gasteiger partial charge in [0.05, 0.1) is 23.2 Å². The van der Waals surface area contributed by atoms with Gasteiger partial charge >= 0.3 is 6.01 Å². The fourth-order valence-electron chi connectivity index (χ4n) is 10.1. The van der Waals surface area contributed by atoms with E-state index >= 15 is 4.39 Å². The summed E-state index contributed by atoms with van der Waals surface area (Å²) in [6.45, 7) is 18.5. The molecule has 0 unspecified atom stereocenters. The van der Waals surface area contributed by atoms with Gasteiger partial charge in [0.2, 0.25) is 5.91 Å². The minimum Gasteiger partial charge on any atom is -0.468 e. The number of halogens is 2. The van der Waals surface area contributed by atoms with Gasteiger partial charge in [0.25, 0.3) is 0 Å². The van der Waals surface area contributed by atoms with E-state index in [0.29, 0.717) is 70.7 Å². The number of methoxy groups -OCH3 is 1. The Hall–Kier alpha value is -4.31. The maximum atomic E-state index is 16.3. The molecule has 1 amide bonds. The topological polar surface area (TPSA) is 89.0 Å². The number of nitrogens with one attached hydrogen (secondary N) is 1. The van der Waals surface area contributed by atoms with Crippen molar-refractivity contribution in [2.75, 3.05) is 58.1 Å². The highest BCUT2D eigenvalue weighted by Gasteiger charge is 2.49. The number of aromatic nitrogens is 2. The number of hydrogen-bond donors (Lipinski definition) is 1. The van der Waals surface area contributed by atoms with Crippen molar-refractivity contribution >= 4 is 41.5 Å². The summed E-state index contributed by atoms with van der Waals surface area (Å²) in [5.74, 6) is 4.18.